The first kappa shape index (κ1) is 15.5. The molecule has 2 nitrogen and oxygen atoms in total. The van der Waals surface area contributed by atoms with Gasteiger partial charge in [-0.3, -0.25) is 0 Å². The van der Waals surface area contributed by atoms with Crippen molar-refractivity contribution >= 4 is 12.4 Å². The number of hydrogen-bond acceptors (Lipinski definition) is 2. The lowest BCUT2D eigenvalue weighted by atomic mass is 9.99. The molecule has 0 spiro atoms. The molecule has 2 aromatic rings. The van der Waals surface area contributed by atoms with Crippen LogP contribution in [0.15, 0.2) is 48.5 Å². The molecule has 0 saturated carbocycles. The van der Waals surface area contributed by atoms with E-state index < -0.39 is 0 Å². The zero-order chi connectivity index (χ0) is 13.0. The van der Waals surface area contributed by atoms with E-state index in [4.69, 9.17) is 10.5 Å². The first-order valence-corrected chi connectivity index (χ1v) is 6.18. The van der Waals surface area contributed by atoms with Crippen LogP contribution in [0.1, 0.15) is 12.5 Å². The predicted octanol–water partition coefficient (Wildman–Crippen LogP) is 3.67. The number of halogens is 1. The first-order chi connectivity index (χ1) is 8.70. The van der Waals surface area contributed by atoms with E-state index in [1.165, 1.54) is 11.1 Å². The largest absolute Gasteiger partial charge is 0.496 e. The highest BCUT2D eigenvalue weighted by atomic mass is 35.5. The lowest BCUT2D eigenvalue weighted by molar-refractivity contribution is 0.416. The van der Waals surface area contributed by atoms with Gasteiger partial charge in [-0.05, 0) is 36.6 Å². The Morgan fingerprint density at radius 3 is 2.37 bits per heavy atom. The monoisotopic (exact) mass is 277 g/mol. The maximum Gasteiger partial charge on any atom is 0.126 e. The molecule has 0 aliphatic rings. The van der Waals surface area contributed by atoms with E-state index in [-0.39, 0.29) is 18.4 Å². The van der Waals surface area contributed by atoms with Gasteiger partial charge < -0.3 is 10.5 Å². The topological polar surface area (TPSA) is 35.2 Å². The van der Waals surface area contributed by atoms with Crippen LogP contribution in [0.25, 0.3) is 11.1 Å². The smallest absolute Gasteiger partial charge is 0.126 e. The van der Waals surface area contributed by atoms with E-state index in [0.29, 0.717) is 0 Å². The Hall–Kier alpha value is -1.51. The van der Waals surface area contributed by atoms with Crippen molar-refractivity contribution in [2.75, 3.05) is 7.11 Å². The molecular weight excluding hydrogens is 258 g/mol. The Morgan fingerprint density at radius 1 is 1.11 bits per heavy atom. The Kier molecular flexibility index (Phi) is 5.87. The molecule has 1 unspecified atom stereocenters. The summed E-state index contributed by atoms with van der Waals surface area (Å²) in [4.78, 5) is 0. The molecule has 19 heavy (non-hydrogen) atoms. The fourth-order valence-corrected chi connectivity index (χ4v) is 2.10. The molecule has 0 amide bonds. The Balaban J connectivity index is 0.00000180. The standard InChI is InChI=1S/C16H19NO.ClH/c1-12(17)10-13-8-9-16(18-2)15(11-13)14-6-4-3-5-7-14;/h3-9,11-12H,10,17H2,1-2H3;1H. The average molecular weight is 278 g/mol. The number of nitrogens with two attached hydrogens (primary N) is 1. The van der Waals surface area contributed by atoms with Crippen LogP contribution in [0.4, 0.5) is 0 Å². The summed E-state index contributed by atoms with van der Waals surface area (Å²) in [6, 6.07) is 16.7. The molecule has 102 valence electrons. The number of methoxy groups -OCH3 is 1. The number of hydrogen-bond donors (Lipinski definition) is 1. The van der Waals surface area contributed by atoms with Gasteiger partial charge >= 0.3 is 0 Å². The van der Waals surface area contributed by atoms with Gasteiger partial charge in [0.25, 0.3) is 0 Å². The quantitative estimate of drug-likeness (QED) is 0.925. The number of rotatable bonds is 4. The van der Waals surface area contributed by atoms with Crippen molar-refractivity contribution < 1.29 is 4.74 Å². The van der Waals surface area contributed by atoms with E-state index in [0.717, 1.165) is 17.7 Å². The highest BCUT2D eigenvalue weighted by Crippen LogP contribution is 2.30. The molecule has 0 aliphatic heterocycles. The first-order valence-electron chi connectivity index (χ1n) is 6.18. The summed E-state index contributed by atoms with van der Waals surface area (Å²) in [5.74, 6) is 0.898. The summed E-state index contributed by atoms with van der Waals surface area (Å²) in [5, 5.41) is 0. The fourth-order valence-electron chi connectivity index (χ4n) is 2.10. The molecule has 0 bridgehead atoms. The Morgan fingerprint density at radius 2 is 1.79 bits per heavy atom. The second kappa shape index (κ2) is 7.17. The van der Waals surface area contributed by atoms with Crippen LogP contribution in [0, 0.1) is 0 Å². The second-order valence-electron chi connectivity index (χ2n) is 4.58. The Bertz CT molecular complexity index is 511. The van der Waals surface area contributed by atoms with Crippen molar-refractivity contribution in [2.45, 2.75) is 19.4 Å². The fraction of sp³-hybridized carbons (Fsp3) is 0.250. The molecule has 2 rings (SSSR count). The third-order valence-corrected chi connectivity index (χ3v) is 2.91. The molecule has 2 aromatic carbocycles. The van der Waals surface area contributed by atoms with Gasteiger partial charge in [-0.1, -0.05) is 36.4 Å². The molecule has 0 aliphatic carbocycles. The second-order valence-corrected chi connectivity index (χ2v) is 4.58. The SMILES string of the molecule is COc1ccc(CC(C)N)cc1-c1ccccc1.Cl. The maximum atomic E-state index is 5.85. The Labute approximate surface area is 121 Å². The van der Waals surface area contributed by atoms with Crippen LogP contribution in [-0.2, 0) is 6.42 Å². The van der Waals surface area contributed by atoms with Crippen LogP contribution in [0.3, 0.4) is 0 Å². The molecule has 2 N–H and O–H groups in total. The summed E-state index contributed by atoms with van der Waals surface area (Å²) >= 11 is 0. The van der Waals surface area contributed by atoms with Crippen molar-refractivity contribution in [3.8, 4) is 16.9 Å². The molecular formula is C16H20ClNO. The highest BCUT2D eigenvalue weighted by molar-refractivity contribution is 5.85. The van der Waals surface area contributed by atoms with E-state index in [9.17, 15) is 0 Å². The van der Waals surface area contributed by atoms with E-state index in [1.54, 1.807) is 7.11 Å². The van der Waals surface area contributed by atoms with E-state index >= 15 is 0 Å². The van der Waals surface area contributed by atoms with E-state index in [2.05, 4.69) is 24.3 Å². The van der Waals surface area contributed by atoms with Crippen molar-refractivity contribution in [2.24, 2.45) is 5.73 Å². The van der Waals surface area contributed by atoms with Gasteiger partial charge in [0.1, 0.15) is 5.75 Å². The van der Waals surface area contributed by atoms with Crippen LogP contribution in [0.5, 0.6) is 5.75 Å². The number of ether oxygens (including phenoxy) is 1. The van der Waals surface area contributed by atoms with E-state index in [1.807, 2.05) is 31.2 Å². The lowest BCUT2D eigenvalue weighted by Crippen LogP contribution is -2.17. The van der Waals surface area contributed by atoms with Gasteiger partial charge in [0, 0.05) is 11.6 Å². The molecule has 0 fully saturated rings. The van der Waals surface area contributed by atoms with Crippen LogP contribution < -0.4 is 10.5 Å². The van der Waals surface area contributed by atoms with Crippen LogP contribution in [0.2, 0.25) is 0 Å². The summed E-state index contributed by atoms with van der Waals surface area (Å²) in [6.07, 6.45) is 0.879. The van der Waals surface area contributed by atoms with Crippen molar-refractivity contribution in [1.29, 1.82) is 0 Å². The number of benzene rings is 2. The third kappa shape index (κ3) is 3.98. The van der Waals surface area contributed by atoms with Crippen molar-refractivity contribution in [3.63, 3.8) is 0 Å². The zero-order valence-electron chi connectivity index (χ0n) is 11.3. The van der Waals surface area contributed by atoms with Gasteiger partial charge in [-0.15, -0.1) is 12.4 Å². The molecule has 0 aromatic heterocycles. The molecule has 0 heterocycles. The summed E-state index contributed by atoms with van der Waals surface area (Å²) < 4.78 is 5.43. The highest BCUT2D eigenvalue weighted by Gasteiger charge is 2.07. The third-order valence-electron chi connectivity index (χ3n) is 2.91. The van der Waals surface area contributed by atoms with Crippen LogP contribution >= 0.6 is 12.4 Å². The summed E-state index contributed by atoms with van der Waals surface area (Å²) in [6.45, 7) is 2.02. The summed E-state index contributed by atoms with van der Waals surface area (Å²) in [5.41, 5.74) is 9.38. The minimum Gasteiger partial charge on any atom is -0.496 e. The summed E-state index contributed by atoms with van der Waals surface area (Å²) in [7, 11) is 1.70. The van der Waals surface area contributed by atoms with Crippen molar-refractivity contribution in [1.82, 2.24) is 0 Å². The van der Waals surface area contributed by atoms with Gasteiger partial charge in [0.05, 0.1) is 7.11 Å². The van der Waals surface area contributed by atoms with Gasteiger partial charge in [-0.25, -0.2) is 0 Å². The minimum atomic E-state index is 0. The van der Waals surface area contributed by atoms with Crippen LogP contribution in [-0.4, -0.2) is 13.2 Å². The van der Waals surface area contributed by atoms with Crippen molar-refractivity contribution in [3.05, 3.63) is 54.1 Å². The zero-order valence-corrected chi connectivity index (χ0v) is 12.1. The molecule has 3 heteroatoms. The normalized spacial score (nSPS) is 11.5. The van der Waals surface area contributed by atoms with Gasteiger partial charge in [0.15, 0.2) is 0 Å². The minimum absolute atomic E-state index is 0. The predicted molar refractivity (Wildman–Crippen MR) is 83.0 cm³/mol. The molecule has 0 radical (unpaired) electrons. The molecule has 1 atom stereocenters. The maximum absolute atomic E-state index is 5.85. The molecule has 0 saturated heterocycles. The van der Waals surface area contributed by atoms with Gasteiger partial charge in [-0.2, -0.15) is 0 Å². The lowest BCUT2D eigenvalue weighted by Gasteiger charge is -2.12. The average Bonchev–Trinajstić information content (AvgIpc) is 2.39. The van der Waals surface area contributed by atoms with Gasteiger partial charge in [0.2, 0.25) is 0 Å².